The van der Waals surface area contributed by atoms with Crippen LogP contribution in [0.2, 0.25) is 0 Å². The third-order valence-electron chi connectivity index (χ3n) is 2.37. The first kappa shape index (κ1) is 15.8. The van der Waals surface area contributed by atoms with Gasteiger partial charge in [0.15, 0.2) is 6.79 Å². The number of esters is 1. The van der Waals surface area contributed by atoms with Gasteiger partial charge in [-0.1, -0.05) is 18.1 Å². The molecule has 0 aliphatic carbocycles. The predicted molar refractivity (Wildman–Crippen MR) is 77.0 cm³/mol. The Balaban J connectivity index is 2.75. The standard InChI is InChI=1S/C16H18O4/c1-4-19-16(17)10-5-7-13(2)14-8-6-9-15(11-14)20-12-18-3/h6-9,11H,4,12H2,1-3H3/b13-7+. The quantitative estimate of drug-likeness (QED) is 0.358. The van der Waals surface area contributed by atoms with Gasteiger partial charge in [0.2, 0.25) is 0 Å². The molecule has 0 bridgehead atoms. The van der Waals surface area contributed by atoms with Gasteiger partial charge in [0.1, 0.15) is 5.75 Å². The maximum Gasteiger partial charge on any atom is 0.384 e. The van der Waals surface area contributed by atoms with Crippen molar-refractivity contribution >= 4 is 11.5 Å². The molecule has 0 aromatic heterocycles. The van der Waals surface area contributed by atoms with Crippen molar-refractivity contribution in [2.24, 2.45) is 0 Å². The van der Waals surface area contributed by atoms with Crippen LogP contribution >= 0.6 is 0 Å². The van der Waals surface area contributed by atoms with Crippen LogP contribution in [0.25, 0.3) is 5.57 Å². The van der Waals surface area contributed by atoms with Gasteiger partial charge in [0.05, 0.1) is 6.61 Å². The number of carbonyl (C=O) groups is 1. The smallest absolute Gasteiger partial charge is 0.384 e. The van der Waals surface area contributed by atoms with Gasteiger partial charge >= 0.3 is 5.97 Å². The Morgan fingerprint density at radius 3 is 2.90 bits per heavy atom. The lowest BCUT2D eigenvalue weighted by atomic mass is 10.1. The molecule has 0 aliphatic heterocycles. The Morgan fingerprint density at radius 2 is 2.20 bits per heavy atom. The highest BCUT2D eigenvalue weighted by atomic mass is 16.7. The number of benzene rings is 1. The van der Waals surface area contributed by atoms with Crippen LogP contribution in [0.5, 0.6) is 5.75 Å². The monoisotopic (exact) mass is 274 g/mol. The van der Waals surface area contributed by atoms with Gasteiger partial charge in [-0.2, -0.15) is 0 Å². The van der Waals surface area contributed by atoms with E-state index in [2.05, 4.69) is 11.8 Å². The largest absolute Gasteiger partial charge is 0.468 e. The topological polar surface area (TPSA) is 44.8 Å². The molecule has 4 heteroatoms. The van der Waals surface area contributed by atoms with Crippen LogP contribution in [0.4, 0.5) is 0 Å². The Bertz CT molecular complexity index is 535. The third-order valence-corrected chi connectivity index (χ3v) is 2.37. The molecule has 4 nitrogen and oxygen atoms in total. The molecule has 0 unspecified atom stereocenters. The van der Waals surface area contributed by atoms with Gasteiger partial charge in [-0.25, -0.2) is 4.79 Å². The summed E-state index contributed by atoms with van der Waals surface area (Å²) in [4.78, 5) is 11.1. The fourth-order valence-corrected chi connectivity index (χ4v) is 1.41. The number of hydrogen-bond acceptors (Lipinski definition) is 4. The van der Waals surface area contributed by atoms with Crippen molar-refractivity contribution < 1.29 is 19.0 Å². The van der Waals surface area contributed by atoms with Crippen molar-refractivity contribution in [2.45, 2.75) is 13.8 Å². The number of rotatable bonds is 5. The fraction of sp³-hybridized carbons (Fsp3) is 0.312. The maximum absolute atomic E-state index is 11.1. The van der Waals surface area contributed by atoms with E-state index in [4.69, 9.17) is 14.2 Å². The summed E-state index contributed by atoms with van der Waals surface area (Å²) in [6.07, 6.45) is 1.67. The Kier molecular flexibility index (Phi) is 6.94. The number of ether oxygens (including phenoxy) is 3. The summed E-state index contributed by atoms with van der Waals surface area (Å²) in [5.41, 5.74) is 1.90. The number of hydrogen-bond donors (Lipinski definition) is 0. The molecular formula is C16H18O4. The van der Waals surface area contributed by atoms with E-state index in [0.717, 1.165) is 16.9 Å². The van der Waals surface area contributed by atoms with Crippen LogP contribution < -0.4 is 4.74 Å². The first-order valence-electron chi connectivity index (χ1n) is 6.24. The number of carbonyl (C=O) groups excluding carboxylic acids is 1. The number of allylic oxidation sites excluding steroid dienone is 2. The normalized spacial score (nSPS) is 10.4. The van der Waals surface area contributed by atoms with Crippen LogP contribution in [0.15, 0.2) is 30.3 Å². The molecule has 0 radical (unpaired) electrons. The van der Waals surface area contributed by atoms with Crippen LogP contribution in [-0.4, -0.2) is 26.5 Å². The second-order valence-electron chi connectivity index (χ2n) is 3.90. The SMILES string of the molecule is CCOC(=O)C#C/C=C(\C)c1cccc(OCOC)c1. The van der Waals surface area contributed by atoms with E-state index in [-0.39, 0.29) is 6.79 Å². The molecule has 20 heavy (non-hydrogen) atoms. The van der Waals surface area contributed by atoms with Gasteiger partial charge < -0.3 is 14.2 Å². The van der Waals surface area contributed by atoms with E-state index >= 15 is 0 Å². The van der Waals surface area contributed by atoms with Crippen LogP contribution in [0.3, 0.4) is 0 Å². The molecule has 0 N–H and O–H groups in total. The average molecular weight is 274 g/mol. The highest BCUT2D eigenvalue weighted by molar-refractivity contribution is 5.89. The summed E-state index contributed by atoms with van der Waals surface area (Å²) >= 11 is 0. The summed E-state index contributed by atoms with van der Waals surface area (Å²) in [6.45, 7) is 4.19. The molecule has 0 atom stereocenters. The Hall–Kier alpha value is -2.25. The first-order valence-corrected chi connectivity index (χ1v) is 6.24. The van der Waals surface area contributed by atoms with Crippen LogP contribution in [-0.2, 0) is 14.3 Å². The van der Waals surface area contributed by atoms with E-state index in [1.165, 1.54) is 0 Å². The van der Waals surface area contributed by atoms with Gasteiger partial charge in [-0.3, -0.25) is 0 Å². The lowest BCUT2D eigenvalue weighted by Gasteiger charge is -2.06. The molecule has 106 valence electrons. The Labute approximate surface area is 119 Å². The van der Waals surface area contributed by atoms with Gasteiger partial charge in [0.25, 0.3) is 0 Å². The summed E-state index contributed by atoms with van der Waals surface area (Å²) in [7, 11) is 1.57. The first-order chi connectivity index (χ1) is 9.67. The molecule has 1 rings (SSSR count). The fourth-order valence-electron chi connectivity index (χ4n) is 1.41. The lowest BCUT2D eigenvalue weighted by molar-refractivity contribution is -0.136. The average Bonchev–Trinajstić information content (AvgIpc) is 2.45. The van der Waals surface area contributed by atoms with Crippen LogP contribution in [0.1, 0.15) is 19.4 Å². The van der Waals surface area contributed by atoms with Crippen molar-refractivity contribution in [3.05, 3.63) is 35.9 Å². The Morgan fingerprint density at radius 1 is 1.40 bits per heavy atom. The highest BCUT2D eigenvalue weighted by Gasteiger charge is 1.98. The van der Waals surface area contributed by atoms with Gasteiger partial charge in [-0.15, -0.1) is 0 Å². The molecule has 0 spiro atoms. The zero-order chi connectivity index (χ0) is 14.8. The van der Waals surface area contributed by atoms with Gasteiger partial charge in [-0.05, 0) is 43.2 Å². The second-order valence-corrected chi connectivity index (χ2v) is 3.90. The van der Waals surface area contributed by atoms with E-state index in [1.54, 1.807) is 20.1 Å². The zero-order valence-corrected chi connectivity index (χ0v) is 11.9. The van der Waals surface area contributed by atoms with E-state index in [0.29, 0.717) is 6.61 Å². The highest BCUT2D eigenvalue weighted by Crippen LogP contribution is 2.19. The zero-order valence-electron chi connectivity index (χ0n) is 11.9. The van der Waals surface area contributed by atoms with Crippen molar-refractivity contribution in [3.8, 4) is 17.6 Å². The van der Waals surface area contributed by atoms with Crippen LogP contribution in [0, 0.1) is 11.8 Å². The molecule has 1 aromatic carbocycles. The van der Waals surface area contributed by atoms with E-state index in [9.17, 15) is 4.79 Å². The van der Waals surface area contributed by atoms with E-state index in [1.807, 2.05) is 31.2 Å². The molecule has 0 amide bonds. The minimum absolute atomic E-state index is 0.203. The molecular weight excluding hydrogens is 256 g/mol. The van der Waals surface area contributed by atoms with Crippen molar-refractivity contribution in [1.29, 1.82) is 0 Å². The summed E-state index contributed by atoms with van der Waals surface area (Å²) in [6, 6.07) is 7.56. The lowest BCUT2D eigenvalue weighted by Crippen LogP contribution is -1.99. The minimum Gasteiger partial charge on any atom is -0.468 e. The van der Waals surface area contributed by atoms with Gasteiger partial charge in [0, 0.05) is 13.0 Å². The van der Waals surface area contributed by atoms with Crippen molar-refractivity contribution in [2.75, 3.05) is 20.5 Å². The van der Waals surface area contributed by atoms with Crippen molar-refractivity contribution in [1.82, 2.24) is 0 Å². The van der Waals surface area contributed by atoms with Crippen molar-refractivity contribution in [3.63, 3.8) is 0 Å². The molecule has 0 fully saturated rings. The minimum atomic E-state index is -0.520. The molecule has 0 saturated heterocycles. The molecule has 0 heterocycles. The van der Waals surface area contributed by atoms with E-state index < -0.39 is 5.97 Å². The number of methoxy groups -OCH3 is 1. The maximum atomic E-state index is 11.1. The summed E-state index contributed by atoms with van der Waals surface area (Å²) in [5, 5.41) is 0. The second kappa shape index (κ2) is 8.78. The molecule has 1 aromatic rings. The predicted octanol–water partition coefficient (Wildman–Crippen LogP) is 2.64. The molecule has 0 aliphatic rings. The molecule has 0 saturated carbocycles. The summed E-state index contributed by atoms with van der Waals surface area (Å²) in [5.74, 6) is 5.27. The third kappa shape index (κ3) is 5.59. The summed E-state index contributed by atoms with van der Waals surface area (Å²) < 4.78 is 14.9.